The maximum absolute atomic E-state index is 5.88. The fourth-order valence-electron chi connectivity index (χ4n) is 3.29. The summed E-state index contributed by atoms with van der Waals surface area (Å²) in [6.45, 7) is 3.86. The zero-order valence-corrected chi connectivity index (χ0v) is 16.2. The summed E-state index contributed by atoms with van der Waals surface area (Å²) >= 11 is 5.88. The number of unbranched alkanes of at least 4 members (excludes halogenated alkanes) is 1. The monoisotopic (exact) mass is 375 g/mol. The quantitative estimate of drug-likeness (QED) is 0.632. The molecule has 1 aliphatic rings. The molecule has 0 saturated heterocycles. The standard InChI is InChI=1S/C21H26ClNO3/c1-24-20-13-16-9-11-23(15-17(16)14-21(20)25-2)10-3-4-12-26-19-7-5-18(22)6-8-19/h5-8,13-14H,3-4,9-12,15H2,1-2H3. The number of hydrogen-bond donors (Lipinski definition) is 0. The summed E-state index contributed by atoms with van der Waals surface area (Å²) in [5, 5.41) is 0.733. The van der Waals surface area contributed by atoms with Crippen LogP contribution in [0.1, 0.15) is 24.0 Å². The molecule has 5 heteroatoms. The normalized spacial score (nSPS) is 14.0. The van der Waals surface area contributed by atoms with Gasteiger partial charge in [-0.15, -0.1) is 0 Å². The lowest BCUT2D eigenvalue weighted by molar-refractivity contribution is 0.234. The van der Waals surface area contributed by atoms with Gasteiger partial charge in [0.05, 0.1) is 20.8 Å². The third-order valence-electron chi connectivity index (χ3n) is 4.75. The van der Waals surface area contributed by atoms with Crippen LogP contribution in [0, 0.1) is 0 Å². The van der Waals surface area contributed by atoms with Gasteiger partial charge >= 0.3 is 0 Å². The van der Waals surface area contributed by atoms with Gasteiger partial charge in [0.2, 0.25) is 0 Å². The largest absolute Gasteiger partial charge is 0.494 e. The number of ether oxygens (including phenoxy) is 3. The first-order valence-electron chi connectivity index (χ1n) is 9.04. The molecule has 1 heterocycles. The molecule has 0 fully saturated rings. The van der Waals surface area contributed by atoms with Crippen LogP contribution in [0.5, 0.6) is 17.2 Å². The van der Waals surface area contributed by atoms with Crippen LogP contribution in [-0.2, 0) is 13.0 Å². The predicted molar refractivity (Wildman–Crippen MR) is 105 cm³/mol. The number of halogens is 1. The van der Waals surface area contributed by atoms with Crippen molar-refractivity contribution in [2.24, 2.45) is 0 Å². The van der Waals surface area contributed by atoms with Gasteiger partial charge < -0.3 is 14.2 Å². The molecule has 26 heavy (non-hydrogen) atoms. The highest BCUT2D eigenvalue weighted by atomic mass is 35.5. The average molecular weight is 376 g/mol. The molecule has 0 N–H and O–H groups in total. The van der Waals surface area contributed by atoms with Crippen molar-refractivity contribution < 1.29 is 14.2 Å². The van der Waals surface area contributed by atoms with E-state index in [-0.39, 0.29) is 0 Å². The number of fused-ring (bicyclic) bond motifs is 1. The molecule has 0 aromatic heterocycles. The van der Waals surface area contributed by atoms with E-state index in [0.29, 0.717) is 0 Å². The van der Waals surface area contributed by atoms with Gasteiger partial charge in [0, 0.05) is 18.1 Å². The molecular formula is C21H26ClNO3. The number of benzene rings is 2. The van der Waals surface area contributed by atoms with Crippen molar-refractivity contribution in [3.8, 4) is 17.2 Å². The minimum atomic E-state index is 0.733. The summed E-state index contributed by atoms with van der Waals surface area (Å²) in [4.78, 5) is 2.50. The molecule has 2 aromatic carbocycles. The highest BCUT2D eigenvalue weighted by molar-refractivity contribution is 6.30. The Bertz CT molecular complexity index is 718. The van der Waals surface area contributed by atoms with E-state index in [2.05, 4.69) is 17.0 Å². The Morgan fingerprint density at radius 3 is 2.35 bits per heavy atom. The Labute approximate surface area is 160 Å². The smallest absolute Gasteiger partial charge is 0.161 e. The molecule has 0 aliphatic carbocycles. The summed E-state index contributed by atoms with van der Waals surface area (Å²) in [7, 11) is 3.37. The minimum absolute atomic E-state index is 0.733. The second-order valence-corrected chi connectivity index (χ2v) is 6.95. The first kappa shape index (κ1) is 18.9. The summed E-state index contributed by atoms with van der Waals surface area (Å²) in [5.74, 6) is 2.51. The highest BCUT2D eigenvalue weighted by Gasteiger charge is 2.19. The molecular weight excluding hydrogens is 350 g/mol. The van der Waals surface area contributed by atoms with Crippen LogP contribution in [-0.4, -0.2) is 38.8 Å². The van der Waals surface area contributed by atoms with Gasteiger partial charge in [0.25, 0.3) is 0 Å². The number of nitrogens with zero attached hydrogens (tertiary/aromatic N) is 1. The summed E-state index contributed by atoms with van der Waals surface area (Å²) in [6, 6.07) is 11.8. The Hall–Kier alpha value is -1.91. The fraction of sp³-hybridized carbons (Fsp3) is 0.429. The van der Waals surface area contributed by atoms with Crippen LogP contribution < -0.4 is 14.2 Å². The van der Waals surface area contributed by atoms with Gasteiger partial charge in [-0.05, 0) is 73.3 Å². The van der Waals surface area contributed by atoms with E-state index >= 15 is 0 Å². The van der Waals surface area contributed by atoms with Crippen LogP contribution in [0.4, 0.5) is 0 Å². The molecule has 0 amide bonds. The molecule has 1 aliphatic heterocycles. The molecule has 4 nitrogen and oxygen atoms in total. The third kappa shape index (κ3) is 4.83. The molecule has 0 unspecified atom stereocenters. The number of hydrogen-bond acceptors (Lipinski definition) is 4. The fourth-order valence-corrected chi connectivity index (χ4v) is 3.42. The first-order valence-corrected chi connectivity index (χ1v) is 9.42. The zero-order chi connectivity index (χ0) is 18.4. The zero-order valence-electron chi connectivity index (χ0n) is 15.5. The van der Waals surface area contributed by atoms with Gasteiger partial charge in [0.1, 0.15) is 5.75 Å². The first-order chi connectivity index (χ1) is 12.7. The number of methoxy groups -OCH3 is 2. The number of rotatable bonds is 8. The highest BCUT2D eigenvalue weighted by Crippen LogP contribution is 2.33. The molecule has 2 aromatic rings. The van der Waals surface area contributed by atoms with Crippen molar-refractivity contribution in [3.63, 3.8) is 0 Å². The lowest BCUT2D eigenvalue weighted by Gasteiger charge is -2.29. The predicted octanol–water partition coefficient (Wildman–Crippen LogP) is 4.57. The molecule has 140 valence electrons. The van der Waals surface area contributed by atoms with E-state index in [9.17, 15) is 0 Å². The minimum Gasteiger partial charge on any atom is -0.494 e. The Balaban J connectivity index is 1.43. The third-order valence-corrected chi connectivity index (χ3v) is 5.00. The average Bonchev–Trinajstić information content (AvgIpc) is 2.68. The van der Waals surface area contributed by atoms with Gasteiger partial charge in [-0.25, -0.2) is 0 Å². The summed E-state index contributed by atoms with van der Waals surface area (Å²) < 4.78 is 16.6. The van der Waals surface area contributed by atoms with Gasteiger partial charge in [-0.1, -0.05) is 11.6 Å². The second kappa shape index (κ2) is 9.15. The van der Waals surface area contributed by atoms with E-state index in [1.54, 1.807) is 14.2 Å². The maximum atomic E-state index is 5.88. The van der Waals surface area contributed by atoms with E-state index < -0.39 is 0 Å². The Morgan fingerprint density at radius 1 is 0.962 bits per heavy atom. The van der Waals surface area contributed by atoms with Crippen molar-refractivity contribution in [3.05, 3.63) is 52.5 Å². The van der Waals surface area contributed by atoms with Crippen molar-refractivity contribution in [1.29, 1.82) is 0 Å². The molecule has 0 spiro atoms. The Morgan fingerprint density at radius 2 is 1.65 bits per heavy atom. The van der Waals surface area contributed by atoms with Crippen molar-refractivity contribution in [2.45, 2.75) is 25.8 Å². The van der Waals surface area contributed by atoms with E-state index in [4.69, 9.17) is 25.8 Å². The van der Waals surface area contributed by atoms with Crippen LogP contribution in [0.15, 0.2) is 36.4 Å². The Kier molecular flexibility index (Phi) is 6.64. The van der Waals surface area contributed by atoms with Crippen molar-refractivity contribution in [1.82, 2.24) is 4.90 Å². The lowest BCUT2D eigenvalue weighted by atomic mass is 9.98. The maximum Gasteiger partial charge on any atom is 0.161 e. The van der Waals surface area contributed by atoms with Crippen LogP contribution in [0.25, 0.3) is 0 Å². The molecule has 0 saturated carbocycles. The van der Waals surface area contributed by atoms with Gasteiger partial charge in [0.15, 0.2) is 11.5 Å². The van der Waals surface area contributed by atoms with Crippen LogP contribution in [0.3, 0.4) is 0 Å². The van der Waals surface area contributed by atoms with Crippen molar-refractivity contribution in [2.75, 3.05) is 33.9 Å². The van der Waals surface area contributed by atoms with Crippen LogP contribution in [0.2, 0.25) is 5.02 Å². The van der Waals surface area contributed by atoms with E-state index in [1.165, 1.54) is 11.1 Å². The lowest BCUT2D eigenvalue weighted by Crippen LogP contribution is -2.31. The molecule has 0 atom stereocenters. The molecule has 0 bridgehead atoms. The summed E-state index contributed by atoms with van der Waals surface area (Å²) in [6.07, 6.45) is 3.21. The topological polar surface area (TPSA) is 30.9 Å². The van der Waals surface area contributed by atoms with E-state index in [0.717, 1.165) is 67.8 Å². The summed E-state index contributed by atoms with van der Waals surface area (Å²) in [5.41, 5.74) is 2.70. The van der Waals surface area contributed by atoms with E-state index in [1.807, 2.05) is 24.3 Å². The second-order valence-electron chi connectivity index (χ2n) is 6.51. The SMILES string of the molecule is COc1cc2c(cc1OC)CN(CCCCOc1ccc(Cl)cc1)CC2. The van der Waals surface area contributed by atoms with Gasteiger partial charge in [-0.3, -0.25) is 4.90 Å². The molecule has 3 rings (SSSR count). The van der Waals surface area contributed by atoms with Gasteiger partial charge in [-0.2, -0.15) is 0 Å². The molecule has 0 radical (unpaired) electrons. The van der Waals surface area contributed by atoms with Crippen molar-refractivity contribution >= 4 is 11.6 Å². The van der Waals surface area contributed by atoms with Crippen LogP contribution >= 0.6 is 11.6 Å².